The number of para-hydroxylation sites is 1. The normalized spacial score (nSPS) is 11.2. The lowest BCUT2D eigenvalue weighted by molar-refractivity contribution is -0.384. The van der Waals surface area contributed by atoms with E-state index in [1.807, 2.05) is 36.4 Å². The number of rotatable bonds is 4. The van der Waals surface area contributed by atoms with Crippen molar-refractivity contribution in [2.75, 3.05) is 0 Å². The molecule has 3 aromatic carbocycles. The van der Waals surface area contributed by atoms with E-state index in [-0.39, 0.29) is 11.2 Å². The molecule has 29 heavy (non-hydrogen) atoms. The Hall–Kier alpha value is -3.58. The van der Waals surface area contributed by atoms with E-state index >= 15 is 0 Å². The Morgan fingerprint density at radius 2 is 1.62 bits per heavy atom. The average Bonchev–Trinajstić information content (AvgIpc) is 2.73. The van der Waals surface area contributed by atoms with Crippen LogP contribution >= 0.6 is 15.9 Å². The van der Waals surface area contributed by atoms with Gasteiger partial charge in [-0.1, -0.05) is 52.3 Å². The summed E-state index contributed by atoms with van der Waals surface area (Å²) in [5.74, 6) is 0.429. The summed E-state index contributed by atoms with van der Waals surface area (Å²) in [6, 6.07) is 20.7. The van der Waals surface area contributed by atoms with Crippen molar-refractivity contribution in [1.29, 1.82) is 0 Å². The maximum absolute atomic E-state index is 13.2. The van der Waals surface area contributed by atoms with Crippen LogP contribution in [0.25, 0.3) is 28.7 Å². The molecule has 4 rings (SSSR count). The summed E-state index contributed by atoms with van der Waals surface area (Å²) < 4.78 is 2.38. The molecule has 0 spiro atoms. The number of non-ortho nitro benzene ring substituents is 1. The summed E-state index contributed by atoms with van der Waals surface area (Å²) in [4.78, 5) is 28.3. The van der Waals surface area contributed by atoms with Gasteiger partial charge in [0.2, 0.25) is 0 Å². The molecular formula is C22H14BrN3O3. The zero-order valence-corrected chi connectivity index (χ0v) is 16.6. The highest BCUT2D eigenvalue weighted by atomic mass is 79.9. The maximum Gasteiger partial charge on any atom is 0.269 e. The van der Waals surface area contributed by atoms with E-state index in [4.69, 9.17) is 0 Å². The molecule has 0 aliphatic rings. The van der Waals surface area contributed by atoms with Gasteiger partial charge in [-0.2, -0.15) is 0 Å². The lowest BCUT2D eigenvalue weighted by atomic mass is 10.2. The third-order valence-corrected chi connectivity index (χ3v) is 5.16. The first kappa shape index (κ1) is 18.8. The van der Waals surface area contributed by atoms with Crippen LogP contribution in [0.5, 0.6) is 0 Å². The minimum Gasteiger partial charge on any atom is -0.268 e. The van der Waals surface area contributed by atoms with Crippen molar-refractivity contribution in [3.05, 3.63) is 109 Å². The molecule has 0 unspecified atom stereocenters. The first-order valence-electron chi connectivity index (χ1n) is 8.74. The van der Waals surface area contributed by atoms with Gasteiger partial charge in [-0.05, 0) is 42.0 Å². The fraction of sp³-hybridized carbons (Fsp3) is 0. The maximum atomic E-state index is 13.2. The number of nitrogens with zero attached hydrogens (tertiary/aromatic N) is 3. The summed E-state index contributed by atoms with van der Waals surface area (Å²) in [5, 5.41) is 11.4. The van der Waals surface area contributed by atoms with Gasteiger partial charge >= 0.3 is 0 Å². The molecule has 0 bridgehead atoms. The topological polar surface area (TPSA) is 78.0 Å². The van der Waals surface area contributed by atoms with Crippen molar-refractivity contribution in [1.82, 2.24) is 9.55 Å². The number of halogens is 1. The highest BCUT2D eigenvalue weighted by Crippen LogP contribution is 2.21. The van der Waals surface area contributed by atoms with Crippen LogP contribution in [-0.4, -0.2) is 14.5 Å². The van der Waals surface area contributed by atoms with Crippen LogP contribution in [0.4, 0.5) is 5.69 Å². The second kappa shape index (κ2) is 7.81. The third kappa shape index (κ3) is 3.72. The molecule has 0 aliphatic heterocycles. The molecule has 4 aromatic rings. The van der Waals surface area contributed by atoms with E-state index in [1.165, 1.54) is 16.7 Å². The molecule has 1 aromatic heterocycles. The Morgan fingerprint density at radius 1 is 0.931 bits per heavy atom. The Bertz CT molecular complexity index is 1310. The molecule has 0 aliphatic carbocycles. The first-order valence-corrected chi connectivity index (χ1v) is 9.53. The first-order chi connectivity index (χ1) is 14.0. The van der Waals surface area contributed by atoms with Gasteiger partial charge < -0.3 is 0 Å². The second-order valence-electron chi connectivity index (χ2n) is 6.26. The monoisotopic (exact) mass is 447 g/mol. The van der Waals surface area contributed by atoms with Gasteiger partial charge in [0.05, 0.1) is 21.5 Å². The van der Waals surface area contributed by atoms with Crippen LogP contribution in [-0.2, 0) is 0 Å². The fourth-order valence-corrected chi connectivity index (χ4v) is 3.43. The van der Waals surface area contributed by atoms with Crippen LogP contribution in [0, 0.1) is 10.1 Å². The quantitative estimate of drug-likeness (QED) is 0.317. The van der Waals surface area contributed by atoms with E-state index in [0.29, 0.717) is 22.4 Å². The largest absolute Gasteiger partial charge is 0.269 e. The molecule has 0 N–H and O–H groups in total. The molecule has 0 radical (unpaired) electrons. The zero-order valence-electron chi connectivity index (χ0n) is 15.0. The Kier molecular flexibility index (Phi) is 5.05. The van der Waals surface area contributed by atoms with Crippen molar-refractivity contribution in [3.63, 3.8) is 0 Å². The molecule has 0 saturated carbocycles. The molecule has 7 heteroatoms. The average molecular weight is 448 g/mol. The van der Waals surface area contributed by atoms with Gasteiger partial charge in [0, 0.05) is 16.6 Å². The van der Waals surface area contributed by atoms with Gasteiger partial charge in [-0.3, -0.25) is 19.5 Å². The van der Waals surface area contributed by atoms with Gasteiger partial charge in [0.15, 0.2) is 0 Å². The summed E-state index contributed by atoms with van der Waals surface area (Å²) in [6.45, 7) is 0. The minimum atomic E-state index is -0.473. The SMILES string of the molecule is O=c1c2ccccc2nc(C=Cc2ccccc2Br)n1-c1ccc([N+](=O)[O-])cc1. The summed E-state index contributed by atoms with van der Waals surface area (Å²) in [6.07, 6.45) is 3.62. The van der Waals surface area contributed by atoms with E-state index in [9.17, 15) is 14.9 Å². The van der Waals surface area contributed by atoms with E-state index in [2.05, 4.69) is 20.9 Å². The van der Waals surface area contributed by atoms with Crippen molar-refractivity contribution in [2.24, 2.45) is 0 Å². The van der Waals surface area contributed by atoms with E-state index in [1.54, 1.807) is 36.4 Å². The number of fused-ring (bicyclic) bond motifs is 1. The Balaban J connectivity index is 1.92. The van der Waals surface area contributed by atoms with E-state index in [0.717, 1.165) is 10.0 Å². The van der Waals surface area contributed by atoms with Crippen LogP contribution in [0.2, 0.25) is 0 Å². The highest BCUT2D eigenvalue weighted by molar-refractivity contribution is 9.10. The van der Waals surface area contributed by atoms with Gasteiger partial charge in [-0.25, -0.2) is 4.98 Å². The molecule has 142 valence electrons. The second-order valence-corrected chi connectivity index (χ2v) is 7.11. The molecule has 0 saturated heterocycles. The molecule has 0 atom stereocenters. The lowest BCUT2D eigenvalue weighted by Crippen LogP contribution is -2.22. The number of benzene rings is 3. The molecule has 1 heterocycles. The molecule has 6 nitrogen and oxygen atoms in total. The van der Waals surface area contributed by atoms with Gasteiger partial charge in [-0.15, -0.1) is 0 Å². The predicted molar refractivity (Wildman–Crippen MR) is 117 cm³/mol. The van der Waals surface area contributed by atoms with Crippen molar-refractivity contribution >= 4 is 44.7 Å². The number of hydrogen-bond donors (Lipinski definition) is 0. The Morgan fingerprint density at radius 3 is 2.34 bits per heavy atom. The third-order valence-electron chi connectivity index (χ3n) is 4.44. The number of hydrogen-bond acceptors (Lipinski definition) is 4. The van der Waals surface area contributed by atoms with Crippen LogP contribution in [0.1, 0.15) is 11.4 Å². The predicted octanol–water partition coefficient (Wildman–Crippen LogP) is 5.23. The summed E-state index contributed by atoms with van der Waals surface area (Å²) >= 11 is 3.50. The van der Waals surface area contributed by atoms with Crippen LogP contribution in [0.3, 0.4) is 0 Å². The molecular weight excluding hydrogens is 434 g/mol. The van der Waals surface area contributed by atoms with Crippen LogP contribution < -0.4 is 5.56 Å². The summed E-state index contributed by atoms with van der Waals surface area (Å²) in [5.41, 5.74) is 1.75. The van der Waals surface area contributed by atoms with Crippen molar-refractivity contribution in [3.8, 4) is 5.69 Å². The summed E-state index contributed by atoms with van der Waals surface area (Å²) in [7, 11) is 0. The fourth-order valence-electron chi connectivity index (χ4n) is 3.01. The number of nitro groups is 1. The van der Waals surface area contributed by atoms with E-state index < -0.39 is 4.92 Å². The zero-order chi connectivity index (χ0) is 20.4. The van der Waals surface area contributed by atoms with Crippen molar-refractivity contribution in [2.45, 2.75) is 0 Å². The number of nitro benzene ring substituents is 1. The van der Waals surface area contributed by atoms with Crippen LogP contribution in [0.15, 0.2) is 82.1 Å². The highest BCUT2D eigenvalue weighted by Gasteiger charge is 2.12. The molecule has 0 amide bonds. The lowest BCUT2D eigenvalue weighted by Gasteiger charge is -2.11. The Labute approximate surface area is 174 Å². The smallest absolute Gasteiger partial charge is 0.268 e. The van der Waals surface area contributed by atoms with Gasteiger partial charge in [0.1, 0.15) is 5.82 Å². The van der Waals surface area contributed by atoms with Gasteiger partial charge in [0.25, 0.3) is 11.2 Å². The standard InChI is InChI=1S/C22H14BrN3O3/c23-19-7-3-1-5-15(19)9-14-21-24-20-8-4-2-6-18(20)22(27)25(21)16-10-12-17(13-11-16)26(28)29/h1-14H. The van der Waals surface area contributed by atoms with Crippen molar-refractivity contribution < 1.29 is 4.92 Å². The molecule has 0 fully saturated rings. The number of aromatic nitrogens is 2. The minimum absolute atomic E-state index is 0.0409.